The van der Waals surface area contributed by atoms with Gasteiger partial charge in [-0.05, 0) is 32.0 Å². The third kappa shape index (κ3) is 5.90. The molecule has 0 spiro atoms. The molecule has 0 saturated carbocycles. The fourth-order valence-electron chi connectivity index (χ4n) is 3.53. The highest BCUT2D eigenvalue weighted by Crippen LogP contribution is 2.23. The lowest BCUT2D eigenvalue weighted by molar-refractivity contribution is -0.133. The van der Waals surface area contributed by atoms with Gasteiger partial charge in [-0.15, -0.1) is 11.3 Å². The Hall–Kier alpha value is -2.22. The number of nitrogens with one attached hydrogen (secondary N) is 1. The second-order valence-corrected chi connectivity index (χ2v) is 9.30. The van der Waals surface area contributed by atoms with Gasteiger partial charge in [0.25, 0.3) is 0 Å². The summed E-state index contributed by atoms with van der Waals surface area (Å²) in [6.07, 6.45) is 0.455. The minimum atomic E-state index is -0.130. The molecule has 6 nitrogen and oxygen atoms in total. The highest BCUT2D eigenvalue weighted by Gasteiger charge is 2.23. The van der Waals surface area contributed by atoms with Crippen LogP contribution in [0.5, 0.6) is 0 Å². The molecule has 0 bridgehead atoms. The first-order valence-corrected chi connectivity index (χ1v) is 11.2. The molecule has 1 N–H and O–H groups in total. The van der Waals surface area contributed by atoms with Gasteiger partial charge >= 0.3 is 0 Å². The monoisotopic (exact) mass is 447 g/mol. The third-order valence-electron chi connectivity index (χ3n) is 5.15. The van der Waals surface area contributed by atoms with Gasteiger partial charge in [-0.1, -0.05) is 23.7 Å². The van der Waals surface area contributed by atoms with Crippen molar-refractivity contribution in [3.8, 4) is 0 Å². The van der Waals surface area contributed by atoms with E-state index in [1.807, 2.05) is 36.9 Å². The van der Waals surface area contributed by atoms with Crippen LogP contribution in [0.2, 0.25) is 5.02 Å². The Balaban J connectivity index is 1.41. The molecule has 1 aliphatic heterocycles. The van der Waals surface area contributed by atoms with Crippen LogP contribution in [0, 0.1) is 13.8 Å². The molecule has 0 unspecified atom stereocenters. The van der Waals surface area contributed by atoms with Crippen molar-refractivity contribution in [1.29, 1.82) is 0 Å². The summed E-state index contributed by atoms with van der Waals surface area (Å²) in [6.45, 7) is 6.53. The lowest BCUT2D eigenvalue weighted by Gasteiger charge is -2.34. The van der Waals surface area contributed by atoms with E-state index in [0.29, 0.717) is 36.9 Å². The Morgan fingerprint density at radius 3 is 2.40 bits per heavy atom. The van der Waals surface area contributed by atoms with Gasteiger partial charge in [-0.25, -0.2) is 0 Å². The molecule has 3 rings (SSSR count). The lowest BCUT2D eigenvalue weighted by atomic mass is 10.1. The molecule has 1 fully saturated rings. The van der Waals surface area contributed by atoms with Crippen LogP contribution in [-0.2, 0) is 9.59 Å². The number of aryl methyl sites for hydroxylation is 2. The van der Waals surface area contributed by atoms with Crippen LogP contribution >= 0.6 is 22.9 Å². The summed E-state index contributed by atoms with van der Waals surface area (Å²) in [5, 5.41) is 3.32. The smallest absolute Gasteiger partial charge is 0.238 e. The number of piperazine rings is 1. The number of carbonyl (C=O) groups is 3. The summed E-state index contributed by atoms with van der Waals surface area (Å²) in [7, 11) is 0. The number of hydrogen-bond acceptors (Lipinski definition) is 5. The van der Waals surface area contributed by atoms with Gasteiger partial charge in [-0.3, -0.25) is 19.3 Å². The zero-order valence-electron chi connectivity index (χ0n) is 17.2. The molecule has 1 aromatic carbocycles. The van der Waals surface area contributed by atoms with Crippen molar-refractivity contribution in [2.24, 2.45) is 0 Å². The van der Waals surface area contributed by atoms with Crippen molar-refractivity contribution >= 4 is 46.2 Å². The SMILES string of the molecule is Cc1cc(C(=O)CCC(=O)N2CCN(CC(=O)Nc3ccccc3Cl)CC2)c(C)s1. The molecule has 8 heteroatoms. The van der Waals surface area contributed by atoms with Crippen molar-refractivity contribution in [2.75, 3.05) is 38.0 Å². The van der Waals surface area contributed by atoms with Gasteiger partial charge in [0, 0.05) is 54.3 Å². The van der Waals surface area contributed by atoms with Crippen LogP contribution in [0.15, 0.2) is 30.3 Å². The van der Waals surface area contributed by atoms with E-state index in [9.17, 15) is 14.4 Å². The standard InChI is InChI=1S/C22H26ClN3O3S/c1-15-13-17(16(2)30-15)20(27)7-8-22(29)26-11-9-25(10-12-26)14-21(28)24-19-6-4-3-5-18(19)23/h3-6,13H,7-12,14H2,1-2H3,(H,24,28). The number of Topliss-reactive ketones (excluding diaryl/α,β-unsaturated/α-hetero) is 1. The molecule has 2 heterocycles. The number of nitrogens with zero attached hydrogens (tertiary/aromatic N) is 2. The summed E-state index contributed by atoms with van der Waals surface area (Å²) in [5.41, 5.74) is 1.33. The van der Waals surface area contributed by atoms with Crippen molar-refractivity contribution in [3.05, 3.63) is 50.7 Å². The first kappa shape index (κ1) is 22.5. The average Bonchev–Trinajstić information content (AvgIpc) is 3.06. The van der Waals surface area contributed by atoms with E-state index in [1.54, 1.807) is 28.4 Å². The van der Waals surface area contributed by atoms with Crippen molar-refractivity contribution in [2.45, 2.75) is 26.7 Å². The number of amides is 2. The van der Waals surface area contributed by atoms with E-state index in [4.69, 9.17) is 11.6 Å². The molecule has 30 heavy (non-hydrogen) atoms. The zero-order valence-corrected chi connectivity index (χ0v) is 18.8. The van der Waals surface area contributed by atoms with E-state index in [-0.39, 0.29) is 37.0 Å². The van der Waals surface area contributed by atoms with Gasteiger partial charge in [0.05, 0.1) is 17.3 Å². The van der Waals surface area contributed by atoms with Crippen LogP contribution in [0.3, 0.4) is 0 Å². The number of para-hydroxylation sites is 1. The lowest BCUT2D eigenvalue weighted by Crippen LogP contribution is -2.50. The Morgan fingerprint density at radius 2 is 1.77 bits per heavy atom. The predicted octanol–water partition coefficient (Wildman–Crippen LogP) is 3.76. The number of carbonyl (C=O) groups excluding carboxylic acids is 3. The largest absolute Gasteiger partial charge is 0.340 e. The molecule has 0 atom stereocenters. The minimum absolute atomic E-state index is 0.00637. The number of hydrogen-bond donors (Lipinski definition) is 1. The highest BCUT2D eigenvalue weighted by molar-refractivity contribution is 7.12. The molecule has 1 aromatic heterocycles. The quantitative estimate of drug-likeness (QED) is 0.656. The summed E-state index contributed by atoms with van der Waals surface area (Å²) < 4.78 is 0. The molecule has 2 aromatic rings. The van der Waals surface area contributed by atoms with Gasteiger partial charge < -0.3 is 10.2 Å². The summed E-state index contributed by atoms with van der Waals surface area (Å²) in [5.74, 6) is -0.108. The normalized spacial score (nSPS) is 14.6. The van der Waals surface area contributed by atoms with Gasteiger partial charge in [0.2, 0.25) is 11.8 Å². The molecule has 160 valence electrons. The van der Waals surface area contributed by atoms with E-state index in [1.165, 1.54) is 0 Å². The molecule has 1 saturated heterocycles. The first-order valence-electron chi connectivity index (χ1n) is 9.98. The maximum absolute atomic E-state index is 12.5. The number of thiophene rings is 1. The fourth-order valence-corrected chi connectivity index (χ4v) is 4.66. The Morgan fingerprint density at radius 1 is 1.07 bits per heavy atom. The maximum atomic E-state index is 12.5. The van der Waals surface area contributed by atoms with Crippen LogP contribution in [0.25, 0.3) is 0 Å². The molecule has 0 radical (unpaired) electrons. The summed E-state index contributed by atoms with van der Waals surface area (Å²) in [4.78, 5) is 43.1. The summed E-state index contributed by atoms with van der Waals surface area (Å²) in [6, 6.07) is 9.02. The zero-order chi connectivity index (χ0) is 21.7. The Bertz CT molecular complexity index is 935. The van der Waals surface area contributed by atoms with Gasteiger partial charge in [0.15, 0.2) is 5.78 Å². The number of rotatable bonds is 7. The minimum Gasteiger partial charge on any atom is -0.340 e. The van der Waals surface area contributed by atoms with Gasteiger partial charge in [0.1, 0.15) is 0 Å². The Kier molecular flexibility index (Phi) is 7.64. The number of benzene rings is 1. The van der Waals surface area contributed by atoms with Crippen LogP contribution in [-0.4, -0.2) is 60.1 Å². The van der Waals surface area contributed by atoms with E-state index in [0.717, 1.165) is 15.3 Å². The Labute approximate surface area is 185 Å². The van der Waals surface area contributed by atoms with Crippen LogP contribution in [0.1, 0.15) is 33.0 Å². The fraction of sp³-hybridized carbons (Fsp3) is 0.409. The second kappa shape index (κ2) is 10.2. The molecular weight excluding hydrogens is 422 g/mol. The van der Waals surface area contributed by atoms with Crippen molar-refractivity contribution < 1.29 is 14.4 Å². The molecule has 2 amide bonds. The number of ketones is 1. The third-order valence-corrected chi connectivity index (χ3v) is 6.44. The van der Waals surface area contributed by atoms with Crippen LogP contribution < -0.4 is 5.32 Å². The van der Waals surface area contributed by atoms with E-state index in [2.05, 4.69) is 5.32 Å². The molecular formula is C22H26ClN3O3S. The predicted molar refractivity (Wildman–Crippen MR) is 120 cm³/mol. The number of anilines is 1. The number of halogens is 1. The van der Waals surface area contributed by atoms with Crippen molar-refractivity contribution in [1.82, 2.24) is 9.80 Å². The average molecular weight is 448 g/mol. The maximum Gasteiger partial charge on any atom is 0.238 e. The van der Waals surface area contributed by atoms with Gasteiger partial charge in [-0.2, -0.15) is 0 Å². The van der Waals surface area contributed by atoms with E-state index < -0.39 is 0 Å². The van der Waals surface area contributed by atoms with E-state index >= 15 is 0 Å². The van der Waals surface area contributed by atoms with Crippen molar-refractivity contribution in [3.63, 3.8) is 0 Å². The topological polar surface area (TPSA) is 69.7 Å². The highest BCUT2D eigenvalue weighted by atomic mass is 35.5. The first-order chi connectivity index (χ1) is 14.3. The second-order valence-electron chi connectivity index (χ2n) is 7.44. The summed E-state index contributed by atoms with van der Waals surface area (Å²) >= 11 is 7.67. The molecule has 0 aliphatic carbocycles. The molecule has 1 aliphatic rings. The van der Waals surface area contributed by atoms with Crippen LogP contribution in [0.4, 0.5) is 5.69 Å².